The molecule has 1 aromatic carbocycles. The van der Waals surface area contributed by atoms with Gasteiger partial charge in [0.05, 0.1) is 15.9 Å². The van der Waals surface area contributed by atoms with Crippen LogP contribution in [0.2, 0.25) is 10.0 Å². The predicted octanol–water partition coefficient (Wildman–Crippen LogP) is 2.88. The second kappa shape index (κ2) is 5.75. The van der Waals surface area contributed by atoms with Gasteiger partial charge in [0.25, 0.3) is 5.91 Å². The summed E-state index contributed by atoms with van der Waals surface area (Å²) in [7, 11) is 0. The number of halogens is 2. The van der Waals surface area contributed by atoms with Gasteiger partial charge in [-0.3, -0.25) is 14.7 Å². The number of carbonyl (C=O) groups is 1. The molecule has 0 radical (unpaired) electrons. The molecule has 0 aliphatic rings. The fourth-order valence-corrected chi connectivity index (χ4v) is 2.46. The molecule has 0 spiro atoms. The van der Waals surface area contributed by atoms with Gasteiger partial charge < -0.3 is 5.32 Å². The highest BCUT2D eigenvalue weighted by Crippen LogP contribution is 2.24. The average molecular weight is 335 g/mol. The van der Waals surface area contributed by atoms with Crippen LogP contribution < -0.4 is 10.7 Å². The first kappa shape index (κ1) is 14.5. The number of fused-ring (bicyclic) bond motifs is 1. The second-order valence-corrected chi connectivity index (χ2v) is 5.22. The van der Waals surface area contributed by atoms with Crippen molar-refractivity contribution in [2.45, 2.75) is 0 Å². The molecule has 2 N–H and O–H groups in total. The molecule has 0 bridgehead atoms. The smallest absolute Gasteiger partial charge is 0.281 e. The van der Waals surface area contributed by atoms with Crippen LogP contribution in [0.15, 0.2) is 41.3 Å². The van der Waals surface area contributed by atoms with E-state index in [1.165, 1.54) is 18.3 Å². The molecular formula is C14H8Cl2N4O2. The van der Waals surface area contributed by atoms with Gasteiger partial charge in [0.15, 0.2) is 5.69 Å². The lowest BCUT2D eigenvalue weighted by molar-refractivity contribution is 0.102. The number of pyridine rings is 1. The van der Waals surface area contributed by atoms with Crippen LogP contribution in [-0.4, -0.2) is 21.1 Å². The summed E-state index contributed by atoms with van der Waals surface area (Å²) < 4.78 is 0. The fourth-order valence-electron chi connectivity index (χ4n) is 1.92. The summed E-state index contributed by atoms with van der Waals surface area (Å²) in [5.41, 5.74) is -0.534. The van der Waals surface area contributed by atoms with E-state index in [4.69, 9.17) is 23.2 Å². The summed E-state index contributed by atoms with van der Waals surface area (Å²) in [4.78, 5) is 28.5. The number of aromatic amines is 1. The van der Waals surface area contributed by atoms with Crippen LogP contribution in [-0.2, 0) is 0 Å². The number of aromatic nitrogens is 3. The first-order valence-electron chi connectivity index (χ1n) is 6.16. The summed E-state index contributed by atoms with van der Waals surface area (Å²) in [6, 6.07) is 7.93. The van der Waals surface area contributed by atoms with Gasteiger partial charge in [-0.05, 0) is 24.3 Å². The summed E-state index contributed by atoms with van der Waals surface area (Å²) >= 11 is 11.9. The third-order valence-corrected chi connectivity index (χ3v) is 3.43. The standard InChI is InChI=1S/C14H8Cl2N4O2/c15-7-5-8-11(9(16)6-7)19-20-12(13(8)21)14(22)18-10-3-1-2-4-17-10/h1-6H,(H,19,21)(H,17,18,22). The average Bonchev–Trinajstić information content (AvgIpc) is 2.49. The summed E-state index contributed by atoms with van der Waals surface area (Å²) in [5.74, 6) is -0.351. The molecule has 0 saturated carbocycles. The Morgan fingerprint density at radius 1 is 1.23 bits per heavy atom. The Bertz CT molecular complexity index is 925. The number of carbonyl (C=O) groups excluding carboxylic acids is 1. The Hall–Kier alpha value is -2.44. The number of benzene rings is 1. The molecule has 0 aliphatic heterocycles. The molecule has 0 atom stereocenters. The van der Waals surface area contributed by atoms with Gasteiger partial charge in [-0.1, -0.05) is 29.3 Å². The normalized spacial score (nSPS) is 10.6. The van der Waals surface area contributed by atoms with Gasteiger partial charge >= 0.3 is 0 Å². The van der Waals surface area contributed by atoms with E-state index in [9.17, 15) is 9.59 Å². The number of anilines is 1. The van der Waals surface area contributed by atoms with Crippen molar-refractivity contribution < 1.29 is 4.79 Å². The Morgan fingerprint density at radius 3 is 2.77 bits per heavy atom. The second-order valence-electron chi connectivity index (χ2n) is 4.38. The van der Waals surface area contributed by atoms with E-state index < -0.39 is 11.3 Å². The van der Waals surface area contributed by atoms with Crippen molar-refractivity contribution in [3.05, 3.63) is 62.5 Å². The Balaban J connectivity index is 2.06. The minimum Gasteiger partial charge on any atom is -0.305 e. The molecule has 0 fully saturated rings. The molecule has 0 aliphatic carbocycles. The highest BCUT2D eigenvalue weighted by atomic mass is 35.5. The van der Waals surface area contributed by atoms with Gasteiger partial charge in [-0.15, -0.1) is 0 Å². The van der Waals surface area contributed by atoms with Crippen LogP contribution >= 0.6 is 23.2 Å². The molecule has 110 valence electrons. The minimum atomic E-state index is -0.669. The van der Waals surface area contributed by atoms with Crippen LogP contribution in [0, 0.1) is 0 Å². The minimum absolute atomic E-state index is 0.193. The van der Waals surface area contributed by atoms with Crippen LogP contribution in [0.3, 0.4) is 0 Å². The van der Waals surface area contributed by atoms with E-state index in [1.807, 2.05) is 0 Å². The predicted molar refractivity (Wildman–Crippen MR) is 84.6 cm³/mol. The van der Waals surface area contributed by atoms with Gasteiger partial charge in [-0.2, -0.15) is 5.10 Å². The van der Waals surface area contributed by atoms with Crippen molar-refractivity contribution in [3.63, 3.8) is 0 Å². The maximum Gasteiger partial charge on any atom is 0.281 e. The highest BCUT2D eigenvalue weighted by molar-refractivity contribution is 6.38. The number of H-pyrrole nitrogens is 1. The summed E-state index contributed by atoms with van der Waals surface area (Å²) in [6.07, 6.45) is 1.52. The SMILES string of the molecule is O=C(Nc1ccccn1)c1n[nH]c2c(Cl)cc(Cl)cc2c1=O. The van der Waals surface area contributed by atoms with Crippen molar-refractivity contribution >= 4 is 45.8 Å². The van der Waals surface area contributed by atoms with E-state index in [2.05, 4.69) is 20.5 Å². The van der Waals surface area contributed by atoms with Crippen molar-refractivity contribution in [1.29, 1.82) is 0 Å². The van der Waals surface area contributed by atoms with Gasteiger partial charge in [-0.25, -0.2) is 4.98 Å². The topological polar surface area (TPSA) is 87.7 Å². The van der Waals surface area contributed by atoms with Crippen molar-refractivity contribution in [3.8, 4) is 0 Å². The number of nitrogens with zero attached hydrogens (tertiary/aromatic N) is 2. The number of hydrogen-bond acceptors (Lipinski definition) is 4. The lowest BCUT2D eigenvalue weighted by atomic mass is 10.2. The molecule has 1 amide bonds. The molecular weight excluding hydrogens is 327 g/mol. The highest BCUT2D eigenvalue weighted by Gasteiger charge is 2.17. The summed E-state index contributed by atoms with van der Waals surface area (Å²) in [6.45, 7) is 0. The van der Waals surface area contributed by atoms with Crippen molar-refractivity contribution in [2.24, 2.45) is 0 Å². The number of amides is 1. The lowest BCUT2D eigenvalue weighted by Crippen LogP contribution is -2.24. The quantitative estimate of drug-likeness (QED) is 0.754. The molecule has 0 unspecified atom stereocenters. The van der Waals surface area contributed by atoms with Crippen molar-refractivity contribution in [1.82, 2.24) is 15.2 Å². The van der Waals surface area contributed by atoms with Crippen LogP contribution in [0.1, 0.15) is 10.5 Å². The van der Waals surface area contributed by atoms with Crippen molar-refractivity contribution in [2.75, 3.05) is 5.32 Å². The number of hydrogen-bond donors (Lipinski definition) is 2. The van der Waals surface area contributed by atoms with E-state index in [1.54, 1.807) is 18.2 Å². The van der Waals surface area contributed by atoms with Gasteiger partial charge in [0, 0.05) is 11.2 Å². The first-order chi connectivity index (χ1) is 10.6. The zero-order valence-corrected chi connectivity index (χ0v) is 12.4. The monoisotopic (exact) mass is 334 g/mol. The number of nitrogens with one attached hydrogen (secondary N) is 2. The summed E-state index contributed by atoms with van der Waals surface area (Å²) in [5, 5.41) is 9.63. The van der Waals surface area contributed by atoms with E-state index in [-0.39, 0.29) is 16.1 Å². The molecule has 22 heavy (non-hydrogen) atoms. The van der Waals surface area contributed by atoms with Crippen LogP contribution in [0.25, 0.3) is 10.9 Å². The third kappa shape index (κ3) is 2.66. The molecule has 3 rings (SSSR count). The maximum absolute atomic E-state index is 12.4. The van der Waals surface area contributed by atoms with E-state index >= 15 is 0 Å². The molecule has 8 heteroatoms. The fraction of sp³-hybridized carbons (Fsp3) is 0. The lowest BCUT2D eigenvalue weighted by Gasteiger charge is -2.05. The molecule has 6 nitrogen and oxygen atoms in total. The third-order valence-electron chi connectivity index (χ3n) is 2.92. The van der Waals surface area contributed by atoms with E-state index in [0.29, 0.717) is 16.4 Å². The Kier molecular flexibility index (Phi) is 3.79. The zero-order valence-electron chi connectivity index (χ0n) is 10.9. The van der Waals surface area contributed by atoms with Gasteiger partial charge in [0.1, 0.15) is 5.82 Å². The van der Waals surface area contributed by atoms with Crippen LogP contribution in [0.4, 0.5) is 5.82 Å². The van der Waals surface area contributed by atoms with Gasteiger partial charge in [0.2, 0.25) is 5.43 Å². The molecule has 2 heterocycles. The molecule has 2 aromatic heterocycles. The van der Waals surface area contributed by atoms with E-state index in [0.717, 1.165) is 0 Å². The Labute approximate surface area is 134 Å². The van der Waals surface area contributed by atoms with Crippen LogP contribution in [0.5, 0.6) is 0 Å². The Morgan fingerprint density at radius 2 is 2.05 bits per heavy atom. The molecule has 3 aromatic rings. The first-order valence-corrected chi connectivity index (χ1v) is 6.91. The maximum atomic E-state index is 12.4. The zero-order chi connectivity index (χ0) is 15.7. The largest absolute Gasteiger partial charge is 0.305 e. The molecule has 0 saturated heterocycles. The number of rotatable bonds is 2.